The maximum atomic E-state index is 13.4. The molecule has 2 aliphatic heterocycles. The standard InChI is InChI=1S/C24H29ClN4O2/c1-15(17-6-5-7-18(25)12-17)16(2)22(30)29-14-21-20(24(29,3)4)13-26-23(28-21)27-19-8-10-31-11-9-19/h5-7,12-13,15,19H,2,8-11,14H2,1,3-4H3,(H,26,27,28)/t15-/m0/s1. The topological polar surface area (TPSA) is 67.4 Å². The molecule has 0 unspecified atom stereocenters. The first-order chi connectivity index (χ1) is 14.8. The zero-order valence-corrected chi connectivity index (χ0v) is 19.1. The van der Waals surface area contributed by atoms with Gasteiger partial charge in [0, 0.05) is 47.5 Å². The molecule has 1 aromatic carbocycles. The van der Waals surface area contributed by atoms with Crippen molar-refractivity contribution in [2.24, 2.45) is 0 Å². The van der Waals surface area contributed by atoms with Gasteiger partial charge >= 0.3 is 0 Å². The molecule has 4 rings (SSSR count). The Kier molecular flexibility index (Phi) is 6.04. The van der Waals surface area contributed by atoms with Gasteiger partial charge in [-0.3, -0.25) is 4.79 Å². The van der Waals surface area contributed by atoms with Gasteiger partial charge in [-0.1, -0.05) is 37.2 Å². The number of hydrogen-bond acceptors (Lipinski definition) is 5. The van der Waals surface area contributed by atoms with Crippen molar-refractivity contribution in [3.8, 4) is 0 Å². The molecule has 1 saturated heterocycles. The number of rotatable bonds is 5. The molecule has 164 valence electrons. The number of anilines is 1. The molecule has 0 radical (unpaired) electrons. The normalized spacial score (nSPS) is 19.0. The van der Waals surface area contributed by atoms with Gasteiger partial charge in [0.15, 0.2) is 0 Å². The van der Waals surface area contributed by atoms with Gasteiger partial charge in [-0.05, 0) is 44.4 Å². The van der Waals surface area contributed by atoms with E-state index < -0.39 is 5.54 Å². The first kappa shape index (κ1) is 21.8. The van der Waals surface area contributed by atoms with Crippen LogP contribution < -0.4 is 5.32 Å². The molecular formula is C24H29ClN4O2. The zero-order valence-electron chi connectivity index (χ0n) is 18.3. The molecule has 1 atom stereocenters. The van der Waals surface area contributed by atoms with E-state index in [9.17, 15) is 4.79 Å². The van der Waals surface area contributed by atoms with Gasteiger partial charge in [0.2, 0.25) is 5.95 Å². The SMILES string of the molecule is C=C(C(=O)N1Cc2nc(NC3CCOCC3)ncc2C1(C)C)[C@H](C)c1cccc(Cl)c1. The summed E-state index contributed by atoms with van der Waals surface area (Å²) in [5.41, 5.74) is 2.85. The molecule has 2 aromatic rings. The van der Waals surface area contributed by atoms with E-state index in [1.807, 2.05) is 56.1 Å². The van der Waals surface area contributed by atoms with E-state index in [4.69, 9.17) is 21.3 Å². The third-order valence-electron chi connectivity index (χ3n) is 6.46. The highest BCUT2D eigenvalue weighted by Gasteiger charge is 2.42. The van der Waals surface area contributed by atoms with Crippen molar-refractivity contribution >= 4 is 23.5 Å². The molecule has 1 amide bonds. The Balaban J connectivity index is 1.51. The number of benzene rings is 1. The van der Waals surface area contributed by atoms with Crippen molar-refractivity contribution in [1.29, 1.82) is 0 Å². The second-order valence-corrected chi connectivity index (χ2v) is 9.27. The van der Waals surface area contributed by atoms with E-state index in [1.54, 1.807) is 0 Å². The van der Waals surface area contributed by atoms with Crippen molar-refractivity contribution in [2.75, 3.05) is 18.5 Å². The highest BCUT2D eigenvalue weighted by molar-refractivity contribution is 6.30. The van der Waals surface area contributed by atoms with E-state index in [1.165, 1.54) is 0 Å². The number of nitrogens with one attached hydrogen (secondary N) is 1. The van der Waals surface area contributed by atoms with Crippen LogP contribution in [-0.2, 0) is 21.6 Å². The number of amides is 1. The Morgan fingerprint density at radius 2 is 2.10 bits per heavy atom. The predicted molar refractivity (Wildman–Crippen MR) is 122 cm³/mol. The Bertz CT molecular complexity index is 1000. The van der Waals surface area contributed by atoms with Crippen LogP contribution in [0.25, 0.3) is 0 Å². The summed E-state index contributed by atoms with van der Waals surface area (Å²) in [6, 6.07) is 7.89. The molecule has 6 nitrogen and oxygen atoms in total. The molecule has 0 spiro atoms. The molecule has 1 aromatic heterocycles. The maximum Gasteiger partial charge on any atom is 0.250 e. The summed E-state index contributed by atoms with van der Waals surface area (Å²) in [6.07, 6.45) is 3.73. The molecular weight excluding hydrogens is 412 g/mol. The van der Waals surface area contributed by atoms with Gasteiger partial charge in [-0.25, -0.2) is 9.97 Å². The second-order valence-electron chi connectivity index (χ2n) is 8.84. The molecule has 1 fully saturated rings. The van der Waals surface area contributed by atoms with Gasteiger partial charge in [0.1, 0.15) is 0 Å². The molecule has 2 aliphatic rings. The fourth-order valence-electron chi connectivity index (χ4n) is 4.30. The van der Waals surface area contributed by atoms with Crippen molar-refractivity contribution in [2.45, 2.75) is 57.7 Å². The third kappa shape index (κ3) is 4.32. The average molecular weight is 441 g/mol. The summed E-state index contributed by atoms with van der Waals surface area (Å²) < 4.78 is 5.42. The summed E-state index contributed by atoms with van der Waals surface area (Å²) in [4.78, 5) is 24.6. The minimum absolute atomic E-state index is 0.0746. The van der Waals surface area contributed by atoms with Gasteiger partial charge in [-0.2, -0.15) is 0 Å². The summed E-state index contributed by atoms with van der Waals surface area (Å²) in [5.74, 6) is 0.402. The van der Waals surface area contributed by atoms with Crippen molar-refractivity contribution < 1.29 is 9.53 Å². The molecule has 31 heavy (non-hydrogen) atoms. The quantitative estimate of drug-likeness (QED) is 0.685. The molecule has 0 aliphatic carbocycles. The van der Waals surface area contributed by atoms with E-state index in [2.05, 4.69) is 16.9 Å². The number of carbonyl (C=O) groups excluding carboxylic acids is 1. The van der Waals surface area contributed by atoms with Crippen molar-refractivity contribution in [3.05, 3.63) is 64.5 Å². The second kappa shape index (κ2) is 8.60. The fourth-order valence-corrected chi connectivity index (χ4v) is 4.50. The van der Waals surface area contributed by atoms with Crippen LogP contribution in [0, 0.1) is 0 Å². The molecule has 0 bridgehead atoms. The van der Waals surface area contributed by atoms with E-state index >= 15 is 0 Å². The van der Waals surface area contributed by atoms with Crippen LogP contribution in [0.5, 0.6) is 0 Å². The summed E-state index contributed by atoms with van der Waals surface area (Å²) in [5, 5.41) is 4.07. The number of ether oxygens (including phenoxy) is 1. The molecule has 7 heteroatoms. The van der Waals surface area contributed by atoms with Crippen LogP contribution in [0.2, 0.25) is 5.02 Å². The minimum atomic E-state index is -0.513. The van der Waals surface area contributed by atoms with Gasteiger partial charge in [-0.15, -0.1) is 0 Å². The highest BCUT2D eigenvalue weighted by Crippen LogP contribution is 2.40. The van der Waals surface area contributed by atoms with Gasteiger partial charge in [0.25, 0.3) is 5.91 Å². The minimum Gasteiger partial charge on any atom is -0.381 e. The van der Waals surface area contributed by atoms with Gasteiger partial charge in [0.05, 0.1) is 17.8 Å². The Labute approximate surface area is 188 Å². The lowest BCUT2D eigenvalue weighted by atomic mass is 9.91. The number of carbonyl (C=O) groups is 1. The Morgan fingerprint density at radius 3 is 2.81 bits per heavy atom. The number of nitrogens with zero attached hydrogens (tertiary/aromatic N) is 3. The number of fused-ring (bicyclic) bond motifs is 1. The maximum absolute atomic E-state index is 13.4. The van der Waals surface area contributed by atoms with Crippen LogP contribution in [-0.4, -0.2) is 40.0 Å². The number of hydrogen-bond donors (Lipinski definition) is 1. The number of aromatic nitrogens is 2. The van der Waals surface area contributed by atoms with Crippen LogP contribution in [0.4, 0.5) is 5.95 Å². The highest BCUT2D eigenvalue weighted by atomic mass is 35.5. The van der Waals surface area contributed by atoms with Crippen molar-refractivity contribution in [1.82, 2.24) is 14.9 Å². The van der Waals surface area contributed by atoms with E-state index in [-0.39, 0.29) is 11.8 Å². The zero-order chi connectivity index (χ0) is 22.2. The van der Waals surface area contributed by atoms with Crippen LogP contribution in [0.1, 0.15) is 56.4 Å². The van der Waals surface area contributed by atoms with Crippen LogP contribution in [0.3, 0.4) is 0 Å². The summed E-state index contributed by atoms with van der Waals surface area (Å²) in [6.45, 7) is 12.1. The van der Waals surface area contributed by atoms with E-state index in [0.29, 0.717) is 29.1 Å². The van der Waals surface area contributed by atoms with Crippen LogP contribution >= 0.6 is 11.6 Å². The smallest absolute Gasteiger partial charge is 0.250 e. The van der Waals surface area contributed by atoms with Gasteiger partial charge < -0.3 is 15.0 Å². The summed E-state index contributed by atoms with van der Waals surface area (Å²) >= 11 is 6.14. The lowest BCUT2D eigenvalue weighted by molar-refractivity contribution is -0.132. The first-order valence-corrected chi connectivity index (χ1v) is 11.1. The largest absolute Gasteiger partial charge is 0.381 e. The lowest BCUT2D eigenvalue weighted by Crippen LogP contribution is -2.41. The lowest BCUT2D eigenvalue weighted by Gasteiger charge is -2.33. The van der Waals surface area contributed by atoms with Crippen molar-refractivity contribution in [3.63, 3.8) is 0 Å². The Morgan fingerprint density at radius 1 is 1.35 bits per heavy atom. The predicted octanol–water partition coefficient (Wildman–Crippen LogP) is 4.66. The molecule has 1 N–H and O–H groups in total. The number of halogens is 1. The fraction of sp³-hybridized carbons (Fsp3) is 0.458. The summed E-state index contributed by atoms with van der Waals surface area (Å²) in [7, 11) is 0. The average Bonchev–Trinajstić information content (AvgIpc) is 3.03. The van der Waals surface area contributed by atoms with Crippen LogP contribution in [0.15, 0.2) is 42.6 Å². The molecule has 0 saturated carbocycles. The Hall–Kier alpha value is -2.44. The molecule has 3 heterocycles. The third-order valence-corrected chi connectivity index (χ3v) is 6.69. The first-order valence-electron chi connectivity index (χ1n) is 10.7. The van der Waals surface area contributed by atoms with E-state index in [0.717, 1.165) is 42.9 Å². The monoisotopic (exact) mass is 440 g/mol.